The quantitative estimate of drug-likeness (QED) is 0.864. The summed E-state index contributed by atoms with van der Waals surface area (Å²) in [7, 11) is 1.29. The molecule has 0 spiro atoms. The lowest BCUT2D eigenvalue weighted by atomic mass is 9.89. The molecule has 1 aromatic rings. The number of carbonyl (C=O) groups is 2. The van der Waals surface area contributed by atoms with Crippen LogP contribution in [0.15, 0.2) is 24.3 Å². The van der Waals surface area contributed by atoms with Crippen LogP contribution in [-0.2, 0) is 26.0 Å². The van der Waals surface area contributed by atoms with E-state index < -0.39 is 35.2 Å². The molecule has 5 nitrogen and oxygen atoms in total. The summed E-state index contributed by atoms with van der Waals surface area (Å²) in [4.78, 5) is 23.6. The molecule has 0 saturated carbocycles. The lowest BCUT2D eigenvalue weighted by Gasteiger charge is -2.29. The number of ether oxygens (including phenoxy) is 1. The Labute approximate surface area is 125 Å². The number of nitrogens with two attached hydrogens (primary N) is 1. The molecule has 22 heavy (non-hydrogen) atoms. The number of nitrogens with one attached hydrogen (secondary N) is 1. The average Bonchev–Trinajstić information content (AvgIpc) is 2.45. The number of carbonyl (C=O) groups excluding carboxylic acids is 2. The van der Waals surface area contributed by atoms with Crippen molar-refractivity contribution in [3.63, 3.8) is 0 Å². The van der Waals surface area contributed by atoms with Gasteiger partial charge in [-0.1, -0.05) is 12.1 Å². The minimum atomic E-state index is -4.57. The number of methoxy groups -OCH3 is 1. The molecule has 0 aliphatic carbocycles. The summed E-state index contributed by atoms with van der Waals surface area (Å²) in [5, 5.41) is 2.33. The molecule has 2 unspecified atom stereocenters. The molecule has 0 fully saturated rings. The van der Waals surface area contributed by atoms with Crippen LogP contribution in [0, 0.1) is 0 Å². The molecule has 0 bridgehead atoms. The van der Waals surface area contributed by atoms with Gasteiger partial charge in [-0.15, -0.1) is 0 Å². The van der Waals surface area contributed by atoms with Crippen molar-refractivity contribution in [1.82, 2.24) is 5.32 Å². The molecular weight excluding hydrogens is 301 g/mol. The van der Waals surface area contributed by atoms with E-state index in [4.69, 9.17) is 10.5 Å². The second kappa shape index (κ2) is 6.35. The number of benzene rings is 1. The first-order valence-electron chi connectivity index (χ1n) is 6.35. The Morgan fingerprint density at radius 1 is 1.27 bits per heavy atom. The third-order valence-electron chi connectivity index (χ3n) is 3.36. The van der Waals surface area contributed by atoms with Crippen LogP contribution in [0.2, 0.25) is 0 Å². The molecule has 2 amide bonds. The summed E-state index contributed by atoms with van der Waals surface area (Å²) in [5.74, 6) is -1.65. The first-order valence-corrected chi connectivity index (χ1v) is 6.35. The van der Waals surface area contributed by atoms with Crippen molar-refractivity contribution in [2.75, 3.05) is 7.11 Å². The summed E-state index contributed by atoms with van der Waals surface area (Å²) < 4.78 is 43.1. The highest BCUT2D eigenvalue weighted by molar-refractivity contribution is 5.92. The van der Waals surface area contributed by atoms with E-state index in [0.29, 0.717) is 0 Å². The van der Waals surface area contributed by atoms with Crippen LogP contribution in [0.5, 0.6) is 0 Å². The molecule has 0 saturated heterocycles. The third-order valence-corrected chi connectivity index (χ3v) is 3.36. The van der Waals surface area contributed by atoms with Gasteiger partial charge in [0.2, 0.25) is 11.8 Å². The molecule has 0 heterocycles. The van der Waals surface area contributed by atoms with Gasteiger partial charge < -0.3 is 15.8 Å². The largest absolute Gasteiger partial charge is 0.416 e. The standard InChI is InChI=1S/C14H17F3N2O3/c1-8(22-3)11(20)19-13(2,12(18)21)9-5-4-6-10(7-9)14(15,16)17/h4-8H,1-3H3,(H2,18,21)(H,19,20). The molecule has 8 heteroatoms. The molecule has 1 rings (SSSR count). The van der Waals surface area contributed by atoms with Gasteiger partial charge in [-0.2, -0.15) is 13.2 Å². The fraction of sp³-hybridized carbons (Fsp3) is 0.429. The Hall–Kier alpha value is -2.09. The second-order valence-electron chi connectivity index (χ2n) is 4.93. The van der Waals surface area contributed by atoms with Gasteiger partial charge in [0, 0.05) is 7.11 Å². The van der Waals surface area contributed by atoms with Crippen molar-refractivity contribution in [2.45, 2.75) is 31.7 Å². The molecule has 2 atom stereocenters. The lowest BCUT2D eigenvalue weighted by Crippen LogP contribution is -2.55. The summed E-state index contributed by atoms with van der Waals surface area (Å²) in [6, 6.07) is 4.08. The first kappa shape index (κ1) is 18.0. The van der Waals surface area contributed by atoms with Crippen molar-refractivity contribution in [3.05, 3.63) is 35.4 Å². The minimum absolute atomic E-state index is 0.0634. The van der Waals surface area contributed by atoms with Crippen molar-refractivity contribution in [2.24, 2.45) is 5.73 Å². The number of rotatable bonds is 5. The Morgan fingerprint density at radius 2 is 1.82 bits per heavy atom. The number of hydrogen-bond acceptors (Lipinski definition) is 3. The number of halogens is 3. The van der Waals surface area contributed by atoms with Crippen LogP contribution in [-0.4, -0.2) is 25.0 Å². The highest BCUT2D eigenvalue weighted by Crippen LogP contribution is 2.32. The van der Waals surface area contributed by atoms with Crippen LogP contribution >= 0.6 is 0 Å². The van der Waals surface area contributed by atoms with E-state index in [1.54, 1.807) is 0 Å². The zero-order chi connectivity index (χ0) is 17.1. The van der Waals surface area contributed by atoms with Gasteiger partial charge in [-0.3, -0.25) is 9.59 Å². The molecular formula is C14H17F3N2O3. The van der Waals surface area contributed by atoms with Crippen molar-refractivity contribution >= 4 is 11.8 Å². The monoisotopic (exact) mass is 318 g/mol. The summed E-state index contributed by atoms with van der Waals surface area (Å²) in [5.41, 5.74) is 2.49. The van der Waals surface area contributed by atoms with Gasteiger partial charge in [0.15, 0.2) is 0 Å². The molecule has 3 N–H and O–H groups in total. The Kier molecular flexibility index (Phi) is 5.18. The van der Waals surface area contributed by atoms with E-state index in [-0.39, 0.29) is 5.56 Å². The maximum Gasteiger partial charge on any atom is 0.416 e. The molecule has 0 aliphatic rings. The van der Waals surface area contributed by atoms with Gasteiger partial charge in [-0.05, 0) is 31.5 Å². The summed E-state index contributed by atoms with van der Waals surface area (Å²) in [6.45, 7) is 2.67. The third kappa shape index (κ3) is 3.76. The molecule has 122 valence electrons. The van der Waals surface area contributed by atoms with Gasteiger partial charge in [-0.25, -0.2) is 0 Å². The Morgan fingerprint density at radius 3 is 2.27 bits per heavy atom. The van der Waals surface area contributed by atoms with Gasteiger partial charge in [0.1, 0.15) is 11.6 Å². The fourth-order valence-corrected chi connectivity index (χ4v) is 1.74. The number of hydrogen-bond donors (Lipinski definition) is 2. The smallest absolute Gasteiger partial charge is 0.372 e. The van der Waals surface area contributed by atoms with E-state index in [1.807, 2.05) is 0 Å². The Bertz CT molecular complexity index is 575. The maximum absolute atomic E-state index is 12.8. The predicted molar refractivity (Wildman–Crippen MR) is 72.6 cm³/mol. The van der Waals surface area contributed by atoms with Crippen LogP contribution in [0.3, 0.4) is 0 Å². The fourth-order valence-electron chi connectivity index (χ4n) is 1.74. The summed E-state index contributed by atoms with van der Waals surface area (Å²) >= 11 is 0. The van der Waals surface area contributed by atoms with E-state index in [1.165, 1.54) is 27.0 Å². The predicted octanol–water partition coefficient (Wildman–Crippen LogP) is 1.56. The SMILES string of the molecule is COC(C)C(=O)NC(C)(C(N)=O)c1cccc(C(F)(F)F)c1. The van der Waals surface area contributed by atoms with Crippen molar-refractivity contribution in [1.29, 1.82) is 0 Å². The number of amides is 2. The van der Waals surface area contributed by atoms with Crippen molar-refractivity contribution in [3.8, 4) is 0 Å². The molecule has 0 aliphatic heterocycles. The van der Waals surface area contributed by atoms with E-state index in [0.717, 1.165) is 18.2 Å². The topological polar surface area (TPSA) is 81.4 Å². The zero-order valence-corrected chi connectivity index (χ0v) is 12.3. The van der Waals surface area contributed by atoms with Crippen LogP contribution in [0.4, 0.5) is 13.2 Å². The molecule has 0 radical (unpaired) electrons. The number of primary amides is 1. The maximum atomic E-state index is 12.8. The Balaban J connectivity index is 3.26. The minimum Gasteiger partial charge on any atom is -0.372 e. The van der Waals surface area contributed by atoms with Crippen LogP contribution < -0.4 is 11.1 Å². The van der Waals surface area contributed by atoms with Gasteiger partial charge in [0.25, 0.3) is 0 Å². The van der Waals surface area contributed by atoms with E-state index in [9.17, 15) is 22.8 Å². The van der Waals surface area contributed by atoms with E-state index in [2.05, 4.69) is 5.32 Å². The normalized spacial score (nSPS) is 15.7. The highest BCUT2D eigenvalue weighted by atomic mass is 19.4. The van der Waals surface area contributed by atoms with Gasteiger partial charge >= 0.3 is 6.18 Å². The van der Waals surface area contributed by atoms with Crippen LogP contribution in [0.25, 0.3) is 0 Å². The van der Waals surface area contributed by atoms with Gasteiger partial charge in [0.05, 0.1) is 5.56 Å². The molecule has 1 aromatic carbocycles. The zero-order valence-electron chi connectivity index (χ0n) is 12.3. The second-order valence-corrected chi connectivity index (χ2v) is 4.93. The first-order chi connectivity index (χ1) is 10.0. The average molecular weight is 318 g/mol. The van der Waals surface area contributed by atoms with Crippen LogP contribution in [0.1, 0.15) is 25.0 Å². The number of alkyl halides is 3. The highest BCUT2D eigenvalue weighted by Gasteiger charge is 2.38. The lowest BCUT2D eigenvalue weighted by molar-refractivity contribution is -0.138. The summed E-state index contributed by atoms with van der Waals surface area (Å²) in [6.07, 6.45) is -5.46. The molecule has 0 aromatic heterocycles. The van der Waals surface area contributed by atoms with Crippen molar-refractivity contribution < 1.29 is 27.5 Å². The van der Waals surface area contributed by atoms with E-state index >= 15 is 0 Å².